The van der Waals surface area contributed by atoms with Crippen LogP contribution in [0.5, 0.6) is 0 Å². The lowest BCUT2D eigenvalue weighted by molar-refractivity contribution is -0.137. The molecule has 2 aromatic carbocycles. The summed E-state index contributed by atoms with van der Waals surface area (Å²) in [7, 11) is 0. The molecule has 3 rings (SSSR count). The minimum absolute atomic E-state index is 0.185. The number of hydrogen-bond acceptors (Lipinski definition) is 2. The summed E-state index contributed by atoms with van der Waals surface area (Å²) in [6.45, 7) is 0. The van der Waals surface area contributed by atoms with Crippen molar-refractivity contribution in [1.82, 2.24) is 10.2 Å². The van der Waals surface area contributed by atoms with E-state index in [1.807, 2.05) is 0 Å². The van der Waals surface area contributed by atoms with Crippen LogP contribution in [0.4, 0.5) is 18.9 Å². The van der Waals surface area contributed by atoms with Crippen LogP contribution in [0.2, 0.25) is 5.02 Å². The van der Waals surface area contributed by atoms with Crippen LogP contribution in [0.3, 0.4) is 0 Å². The maximum Gasteiger partial charge on any atom is 0.416 e. The molecular formula is C17H11ClF3N3O. The maximum absolute atomic E-state index is 12.6. The fourth-order valence-corrected chi connectivity index (χ4v) is 2.27. The second kappa shape index (κ2) is 6.60. The predicted octanol–water partition coefficient (Wildman–Crippen LogP) is 5.00. The molecule has 0 saturated carbocycles. The molecule has 0 radical (unpaired) electrons. The lowest BCUT2D eigenvalue weighted by Gasteiger charge is -2.06. The highest BCUT2D eigenvalue weighted by atomic mass is 35.5. The molecule has 1 amide bonds. The number of alkyl halides is 3. The number of aromatic amines is 1. The third-order valence-corrected chi connectivity index (χ3v) is 3.68. The standard InChI is InChI=1S/C17H11ClF3N3O/c18-12-5-7-13(8-6-12)22-16(25)15-9-14(23-24-15)10-1-3-11(4-2-10)17(19,20)21/h1-9H,(H,22,25)(H,23,24). The molecule has 3 aromatic rings. The largest absolute Gasteiger partial charge is 0.416 e. The van der Waals surface area contributed by atoms with Gasteiger partial charge in [-0.2, -0.15) is 18.3 Å². The van der Waals surface area contributed by atoms with Crippen LogP contribution in [-0.4, -0.2) is 16.1 Å². The molecule has 0 unspecified atom stereocenters. The molecule has 1 aromatic heterocycles. The van der Waals surface area contributed by atoms with E-state index in [9.17, 15) is 18.0 Å². The number of benzene rings is 2. The fraction of sp³-hybridized carbons (Fsp3) is 0.0588. The number of nitrogens with one attached hydrogen (secondary N) is 2. The van der Waals surface area contributed by atoms with Gasteiger partial charge in [-0.15, -0.1) is 0 Å². The average Bonchev–Trinajstić information content (AvgIpc) is 3.06. The van der Waals surface area contributed by atoms with E-state index in [-0.39, 0.29) is 5.69 Å². The molecule has 0 atom stereocenters. The molecular weight excluding hydrogens is 355 g/mol. The van der Waals surface area contributed by atoms with Gasteiger partial charge < -0.3 is 5.32 Å². The lowest BCUT2D eigenvalue weighted by atomic mass is 10.1. The zero-order valence-corrected chi connectivity index (χ0v) is 13.3. The summed E-state index contributed by atoms with van der Waals surface area (Å²) >= 11 is 5.78. The number of anilines is 1. The van der Waals surface area contributed by atoms with Gasteiger partial charge >= 0.3 is 6.18 Å². The van der Waals surface area contributed by atoms with Crippen molar-refractivity contribution in [1.29, 1.82) is 0 Å². The molecule has 4 nitrogen and oxygen atoms in total. The Morgan fingerprint density at radius 2 is 1.68 bits per heavy atom. The van der Waals surface area contributed by atoms with Crippen molar-refractivity contribution >= 4 is 23.2 Å². The Balaban J connectivity index is 1.75. The van der Waals surface area contributed by atoms with Crippen LogP contribution in [0.25, 0.3) is 11.3 Å². The van der Waals surface area contributed by atoms with Crippen molar-refractivity contribution in [2.75, 3.05) is 5.32 Å². The molecule has 0 fully saturated rings. The Morgan fingerprint density at radius 1 is 1.04 bits per heavy atom. The number of nitrogens with zero attached hydrogens (tertiary/aromatic N) is 1. The average molecular weight is 366 g/mol. The second-order valence-corrected chi connectivity index (χ2v) is 5.64. The molecule has 0 aliphatic carbocycles. The highest BCUT2D eigenvalue weighted by Crippen LogP contribution is 2.30. The van der Waals surface area contributed by atoms with Crippen LogP contribution in [0.1, 0.15) is 16.1 Å². The van der Waals surface area contributed by atoms with E-state index in [1.54, 1.807) is 24.3 Å². The SMILES string of the molecule is O=C(Nc1ccc(Cl)cc1)c1cc(-c2ccc(C(F)(F)F)cc2)n[nH]1. The summed E-state index contributed by atoms with van der Waals surface area (Å²) in [4.78, 5) is 12.2. The van der Waals surface area contributed by atoms with Gasteiger partial charge in [-0.1, -0.05) is 23.7 Å². The van der Waals surface area contributed by atoms with Gasteiger partial charge in [0.05, 0.1) is 11.3 Å². The number of carbonyl (C=O) groups excluding carboxylic acids is 1. The molecule has 0 saturated heterocycles. The van der Waals surface area contributed by atoms with Crippen LogP contribution in [0, 0.1) is 0 Å². The summed E-state index contributed by atoms with van der Waals surface area (Å²) in [6, 6.07) is 12.6. The number of aromatic nitrogens is 2. The van der Waals surface area contributed by atoms with E-state index in [4.69, 9.17) is 11.6 Å². The number of H-pyrrole nitrogens is 1. The number of halogens is 4. The van der Waals surface area contributed by atoms with Crippen LogP contribution < -0.4 is 5.32 Å². The lowest BCUT2D eigenvalue weighted by Crippen LogP contribution is -2.12. The van der Waals surface area contributed by atoms with Crippen molar-refractivity contribution in [2.24, 2.45) is 0 Å². The number of carbonyl (C=O) groups is 1. The summed E-state index contributed by atoms with van der Waals surface area (Å²) < 4.78 is 37.7. The molecule has 0 bridgehead atoms. The molecule has 0 spiro atoms. The summed E-state index contributed by atoms with van der Waals surface area (Å²) in [5.41, 5.74) is 0.835. The first kappa shape index (κ1) is 17.0. The topological polar surface area (TPSA) is 57.8 Å². The van der Waals surface area contributed by atoms with Crippen molar-refractivity contribution in [2.45, 2.75) is 6.18 Å². The van der Waals surface area contributed by atoms with E-state index in [0.717, 1.165) is 12.1 Å². The molecule has 128 valence electrons. The van der Waals surface area contributed by atoms with Crippen LogP contribution in [0.15, 0.2) is 54.6 Å². The molecule has 25 heavy (non-hydrogen) atoms. The predicted molar refractivity (Wildman–Crippen MR) is 88.4 cm³/mol. The zero-order valence-electron chi connectivity index (χ0n) is 12.6. The molecule has 8 heteroatoms. The van der Waals surface area contributed by atoms with E-state index < -0.39 is 17.6 Å². The zero-order chi connectivity index (χ0) is 18.0. The van der Waals surface area contributed by atoms with Gasteiger partial charge in [0.25, 0.3) is 5.91 Å². The Kier molecular flexibility index (Phi) is 4.50. The first-order chi connectivity index (χ1) is 11.8. The number of amides is 1. The Labute approximate surface area is 145 Å². The van der Waals surface area contributed by atoms with Crippen LogP contribution >= 0.6 is 11.6 Å². The Hall–Kier alpha value is -2.80. The third kappa shape index (κ3) is 4.00. The third-order valence-electron chi connectivity index (χ3n) is 3.43. The van der Waals surface area contributed by atoms with Gasteiger partial charge in [-0.3, -0.25) is 9.89 Å². The van der Waals surface area contributed by atoms with E-state index in [1.165, 1.54) is 18.2 Å². The quantitative estimate of drug-likeness (QED) is 0.686. The van der Waals surface area contributed by atoms with E-state index >= 15 is 0 Å². The second-order valence-electron chi connectivity index (χ2n) is 5.20. The summed E-state index contributed by atoms with van der Waals surface area (Å²) in [6.07, 6.45) is -4.40. The summed E-state index contributed by atoms with van der Waals surface area (Å²) in [5, 5.41) is 9.74. The minimum atomic E-state index is -4.40. The van der Waals surface area contributed by atoms with Crippen LogP contribution in [-0.2, 0) is 6.18 Å². The molecule has 0 aliphatic heterocycles. The summed E-state index contributed by atoms with van der Waals surface area (Å²) in [5.74, 6) is -0.423. The van der Waals surface area contributed by atoms with Gasteiger partial charge in [0, 0.05) is 16.3 Å². The smallest absolute Gasteiger partial charge is 0.321 e. The van der Waals surface area contributed by atoms with Gasteiger partial charge in [-0.25, -0.2) is 0 Å². The highest BCUT2D eigenvalue weighted by molar-refractivity contribution is 6.30. The normalized spacial score (nSPS) is 11.4. The van der Waals surface area contributed by atoms with E-state index in [0.29, 0.717) is 22.0 Å². The highest BCUT2D eigenvalue weighted by Gasteiger charge is 2.30. The van der Waals surface area contributed by atoms with Crippen molar-refractivity contribution in [3.8, 4) is 11.3 Å². The molecule has 2 N–H and O–H groups in total. The van der Waals surface area contributed by atoms with Gasteiger partial charge in [0.15, 0.2) is 0 Å². The van der Waals surface area contributed by atoms with Gasteiger partial charge in [0.1, 0.15) is 5.69 Å². The maximum atomic E-state index is 12.6. The minimum Gasteiger partial charge on any atom is -0.321 e. The first-order valence-corrected chi connectivity index (χ1v) is 7.51. The van der Waals surface area contributed by atoms with Gasteiger partial charge in [-0.05, 0) is 42.5 Å². The van der Waals surface area contributed by atoms with Crippen molar-refractivity contribution in [3.63, 3.8) is 0 Å². The number of rotatable bonds is 3. The first-order valence-electron chi connectivity index (χ1n) is 7.13. The molecule has 0 aliphatic rings. The molecule has 1 heterocycles. The monoisotopic (exact) mass is 365 g/mol. The van der Waals surface area contributed by atoms with Gasteiger partial charge in [0.2, 0.25) is 0 Å². The van der Waals surface area contributed by atoms with Crippen molar-refractivity contribution in [3.05, 3.63) is 70.9 Å². The fourth-order valence-electron chi connectivity index (χ4n) is 2.15. The number of hydrogen-bond donors (Lipinski definition) is 2. The van der Waals surface area contributed by atoms with Crippen molar-refractivity contribution < 1.29 is 18.0 Å². The Morgan fingerprint density at radius 3 is 2.28 bits per heavy atom. The van der Waals surface area contributed by atoms with E-state index in [2.05, 4.69) is 15.5 Å². The Bertz CT molecular complexity index is 887.